The summed E-state index contributed by atoms with van der Waals surface area (Å²) in [5, 5.41) is 16.0. The van der Waals surface area contributed by atoms with Crippen LogP contribution >= 0.6 is 0 Å². The number of hydrogen-bond acceptors (Lipinski definition) is 3. The Hall–Kier alpha value is -1.85. The Bertz CT molecular complexity index is 494. The molecule has 6 heteroatoms. The van der Waals surface area contributed by atoms with E-state index in [-0.39, 0.29) is 24.8 Å². The lowest BCUT2D eigenvalue weighted by Gasteiger charge is -2.18. The van der Waals surface area contributed by atoms with Crippen molar-refractivity contribution in [1.82, 2.24) is 15.1 Å². The van der Waals surface area contributed by atoms with E-state index in [1.807, 2.05) is 33.8 Å². The van der Waals surface area contributed by atoms with E-state index in [1.165, 1.54) is 0 Å². The van der Waals surface area contributed by atoms with Gasteiger partial charge in [0.2, 0.25) is 5.91 Å². The normalized spacial score (nSPS) is 12.4. The molecule has 6 nitrogen and oxygen atoms in total. The van der Waals surface area contributed by atoms with E-state index < -0.39 is 5.97 Å². The maximum atomic E-state index is 11.9. The van der Waals surface area contributed by atoms with Crippen molar-refractivity contribution >= 4 is 11.9 Å². The first-order valence-electron chi connectivity index (χ1n) is 7.27. The van der Waals surface area contributed by atoms with Gasteiger partial charge in [-0.25, -0.2) is 0 Å². The number of amides is 1. The highest BCUT2D eigenvalue weighted by atomic mass is 16.4. The molecular formula is C15H25N3O3. The molecule has 1 aromatic rings. The number of carbonyl (C=O) groups excluding carboxylic acids is 1. The van der Waals surface area contributed by atoms with Crippen molar-refractivity contribution in [3.05, 3.63) is 17.5 Å². The minimum Gasteiger partial charge on any atom is -0.481 e. The molecule has 0 aliphatic heterocycles. The number of nitrogens with zero attached hydrogens (tertiary/aromatic N) is 2. The number of aliphatic carboxylic acids is 1. The molecule has 0 saturated heterocycles. The summed E-state index contributed by atoms with van der Waals surface area (Å²) < 4.78 is 1.65. The van der Waals surface area contributed by atoms with Gasteiger partial charge in [-0.2, -0.15) is 5.10 Å². The molecule has 0 fully saturated rings. The van der Waals surface area contributed by atoms with Gasteiger partial charge in [-0.15, -0.1) is 0 Å². The molecule has 0 bridgehead atoms. The van der Waals surface area contributed by atoms with Crippen LogP contribution in [0.15, 0.2) is 6.07 Å². The average Bonchev–Trinajstić information content (AvgIpc) is 2.63. The maximum absolute atomic E-state index is 11.9. The largest absolute Gasteiger partial charge is 0.481 e. The van der Waals surface area contributed by atoms with Gasteiger partial charge < -0.3 is 10.4 Å². The van der Waals surface area contributed by atoms with Crippen molar-refractivity contribution in [1.29, 1.82) is 0 Å². The van der Waals surface area contributed by atoms with E-state index in [1.54, 1.807) is 4.68 Å². The predicted molar refractivity (Wildman–Crippen MR) is 79.9 cm³/mol. The molecule has 21 heavy (non-hydrogen) atoms. The molecule has 0 saturated carbocycles. The molecule has 0 aliphatic carbocycles. The van der Waals surface area contributed by atoms with Gasteiger partial charge in [0.1, 0.15) is 6.54 Å². The fraction of sp³-hybridized carbons (Fsp3) is 0.667. The summed E-state index contributed by atoms with van der Waals surface area (Å²) in [7, 11) is 0. The summed E-state index contributed by atoms with van der Waals surface area (Å²) in [5.74, 6) is -0.594. The second-order valence-electron chi connectivity index (χ2n) is 5.98. The van der Waals surface area contributed by atoms with Crippen LogP contribution in [0.5, 0.6) is 0 Å². The van der Waals surface area contributed by atoms with Crippen LogP contribution in [0.3, 0.4) is 0 Å². The van der Waals surface area contributed by atoms with E-state index in [4.69, 9.17) is 5.11 Å². The SMILES string of the molecule is Cc1cc(C)n(CC(=O)NC[C@H](CC(=O)O)CC(C)C)n1. The molecule has 0 spiro atoms. The van der Waals surface area contributed by atoms with Crippen molar-refractivity contribution in [3.8, 4) is 0 Å². The maximum Gasteiger partial charge on any atom is 0.303 e. The third-order valence-electron chi connectivity index (χ3n) is 3.25. The van der Waals surface area contributed by atoms with Crippen LogP contribution in [0.1, 0.15) is 38.1 Å². The first-order valence-corrected chi connectivity index (χ1v) is 7.27. The number of aryl methyl sites for hydroxylation is 2. The monoisotopic (exact) mass is 295 g/mol. The number of rotatable bonds is 8. The number of hydrogen-bond donors (Lipinski definition) is 2. The van der Waals surface area contributed by atoms with Crippen LogP contribution in [-0.2, 0) is 16.1 Å². The van der Waals surface area contributed by atoms with Crippen LogP contribution in [0.2, 0.25) is 0 Å². The highest BCUT2D eigenvalue weighted by molar-refractivity contribution is 5.75. The van der Waals surface area contributed by atoms with E-state index >= 15 is 0 Å². The van der Waals surface area contributed by atoms with Crippen molar-refractivity contribution in [2.24, 2.45) is 11.8 Å². The summed E-state index contributed by atoms with van der Waals surface area (Å²) in [6.07, 6.45) is 0.866. The van der Waals surface area contributed by atoms with Gasteiger partial charge in [-0.05, 0) is 38.2 Å². The highest BCUT2D eigenvalue weighted by Gasteiger charge is 2.16. The summed E-state index contributed by atoms with van der Waals surface area (Å²) in [5.41, 5.74) is 1.82. The van der Waals surface area contributed by atoms with E-state index in [2.05, 4.69) is 10.4 Å². The number of carboxylic acids is 1. The molecule has 0 aliphatic rings. The van der Waals surface area contributed by atoms with Gasteiger partial charge >= 0.3 is 5.97 Å². The zero-order chi connectivity index (χ0) is 16.0. The molecule has 118 valence electrons. The fourth-order valence-electron chi connectivity index (χ4n) is 2.44. The van der Waals surface area contributed by atoms with Gasteiger partial charge in [-0.3, -0.25) is 14.3 Å². The molecule has 1 heterocycles. The van der Waals surface area contributed by atoms with Gasteiger partial charge in [0.15, 0.2) is 0 Å². The van der Waals surface area contributed by atoms with E-state index in [0.717, 1.165) is 17.8 Å². The van der Waals surface area contributed by atoms with Crippen LogP contribution < -0.4 is 5.32 Å². The zero-order valence-corrected chi connectivity index (χ0v) is 13.2. The number of nitrogens with one attached hydrogen (secondary N) is 1. The minimum absolute atomic E-state index is 0.0353. The highest BCUT2D eigenvalue weighted by Crippen LogP contribution is 2.14. The number of aromatic nitrogens is 2. The Morgan fingerprint density at radius 1 is 1.38 bits per heavy atom. The van der Waals surface area contributed by atoms with Gasteiger partial charge in [-0.1, -0.05) is 13.8 Å². The van der Waals surface area contributed by atoms with Crippen LogP contribution in [0.4, 0.5) is 0 Å². The molecule has 1 amide bonds. The quantitative estimate of drug-likeness (QED) is 0.765. The molecule has 1 atom stereocenters. The lowest BCUT2D eigenvalue weighted by Crippen LogP contribution is -2.33. The van der Waals surface area contributed by atoms with Gasteiger partial charge in [0.25, 0.3) is 0 Å². The summed E-state index contributed by atoms with van der Waals surface area (Å²) in [6.45, 7) is 8.44. The Kier molecular flexibility index (Phi) is 6.39. The predicted octanol–water partition coefficient (Wildman–Crippen LogP) is 1.75. The molecule has 0 radical (unpaired) electrons. The topological polar surface area (TPSA) is 84.2 Å². The van der Waals surface area contributed by atoms with E-state index in [0.29, 0.717) is 12.5 Å². The van der Waals surface area contributed by atoms with Crippen LogP contribution in [0.25, 0.3) is 0 Å². The molecule has 1 aromatic heterocycles. The third kappa shape index (κ3) is 6.42. The van der Waals surface area contributed by atoms with Crippen molar-refractivity contribution in [2.75, 3.05) is 6.54 Å². The Morgan fingerprint density at radius 3 is 2.52 bits per heavy atom. The average molecular weight is 295 g/mol. The standard InChI is InChI=1S/C15H25N3O3/c1-10(2)5-13(7-15(20)21)8-16-14(19)9-18-12(4)6-11(3)17-18/h6,10,13H,5,7-9H2,1-4H3,(H,16,19)(H,20,21)/t13-/m0/s1. The third-order valence-corrected chi connectivity index (χ3v) is 3.25. The van der Waals surface area contributed by atoms with Crippen molar-refractivity contribution < 1.29 is 14.7 Å². The Balaban J connectivity index is 2.49. The molecule has 0 aromatic carbocycles. The first kappa shape index (κ1) is 17.2. The van der Waals surface area contributed by atoms with Gasteiger partial charge in [0, 0.05) is 18.7 Å². The van der Waals surface area contributed by atoms with E-state index in [9.17, 15) is 9.59 Å². The lowest BCUT2D eigenvalue weighted by atomic mass is 9.94. The van der Waals surface area contributed by atoms with Crippen molar-refractivity contribution in [3.63, 3.8) is 0 Å². The molecular weight excluding hydrogens is 270 g/mol. The molecule has 0 unspecified atom stereocenters. The number of carbonyl (C=O) groups is 2. The van der Waals surface area contributed by atoms with Crippen molar-refractivity contribution in [2.45, 2.75) is 47.1 Å². The summed E-state index contributed by atoms with van der Waals surface area (Å²) in [4.78, 5) is 22.8. The van der Waals surface area contributed by atoms with Crippen LogP contribution in [0, 0.1) is 25.7 Å². The molecule has 2 N–H and O–H groups in total. The van der Waals surface area contributed by atoms with Crippen LogP contribution in [-0.4, -0.2) is 33.3 Å². The molecule has 1 rings (SSSR count). The lowest BCUT2D eigenvalue weighted by molar-refractivity contribution is -0.138. The second-order valence-corrected chi connectivity index (χ2v) is 5.98. The Morgan fingerprint density at radius 2 is 2.05 bits per heavy atom. The first-order chi connectivity index (χ1) is 9.77. The Labute approximate surface area is 125 Å². The van der Waals surface area contributed by atoms with Gasteiger partial charge in [0.05, 0.1) is 5.69 Å². The summed E-state index contributed by atoms with van der Waals surface area (Å²) >= 11 is 0. The summed E-state index contributed by atoms with van der Waals surface area (Å²) in [6, 6.07) is 1.92. The fourth-order valence-corrected chi connectivity index (χ4v) is 2.44. The second kappa shape index (κ2) is 7.81. The minimum atomic E-state index is -0.826. The smallest absolute Gasteiger partial charge is 0.303 e. The zero-order valence-electron chi connectivity index (χ0n) is 13.2. The number of carboxylic acid groups (broad SMARTS) is 1.